The Morgan fingerprint density at radius 2 is 2.04 bits per heavy atom. The Balaban J connectivity index is 1.78. The quantitative estimate of drug-likeness (QED) is 0.800. The van der Waals surface area contributed by atoms with Crippen LogP contribution >= 0.6 is 11.3 Å². The summed E-state index contributed by atoms with van der Waals surface area (Å²) in [4.78, 5) is 20.1. The number of nitrogens with zero attached hydrogens (tertiary/aromatic N) is 2. The molecule has 1 fully saturated rings. The van der Waals surface area contributed by atoms with E-state index in [0.717, 1.165) is 24.0 Å². The molecule has 1 aliphatic heterocycles. The first kappa shape index (κ1) is 18.6. The van der Waals surface area contributed by atoms with E-state index < -0.39 is 0 Å². The summed E-state index contributed by atoms with van der Waals surface area (Å²) in [5.41, 5.74) is 1.38. The van der Waals surface area contributed by atoms with Crippen LogP contribution in [-0.4, -0.2) is 50.9 Å². The highest BCUT2D eigenvalue weighted by atomic mass is 32.1. The molecule has 1 saturated heterocycles. The molecule has 8 heteroatoms. The predicted octanol–water partition coefficient (Wildman–Crippen LogP) is 2.78. The van der Waals surface area contributed by atoms with Crippen LogP contribution in [0.2, 0.25) is 0 Å². The van der Waals surface area contributed by atoms with Gasteiger partial charge in [-0.25, -0.2) is 4.98 Å². The minimum absolute atomic E-state index is 0.179. The number of morpholine rings is 1. The summed E-state index contributed by atoms with van der Waals surface area (Å²) < 4.78 is 16.0. The first-order valence-electron chi connectivity index (χ1n) is 8.56. The molecule has 0 aliphatic carbocycles. The molecule has 0 atom stereocenters. The van der Waals surface area contributed by atoms with Crippen LogP contribution in [0.5, 0.6) is 5.75 Å². The molecule has 1 amide bonds. The number of methoxy groups -OCH3 is 1. The zero-order valence-electron chi connectivity index (χ0n) is 15.0. The predicted molar refractivity (Wildman–Crippen MR) is 101 cm³/mol. The molecule has 0 radical (unpaired) electrons. The molecule has 0 spiro atoms. The number of aromatic nitrogens is 1. The largest absolute Gasteiger partial charge is 0.497 e. The van der Waals surface area contributed by atoms with E-state index in [4.69, 9.17) is 14.2 Å². The first-order chi connectivity index (χ1) is 12.7. The summed E-state index contributed by atoms with van der Waals surface area (Å²) in [5.74, 6) is 0.564. The molecule has 2 heterocycles. The van der Waals surface area contributed by atoms with Gasteiger partial charge in [0.25, 0.3) is 5.91 Å². The molecule has 2 aromatic rings. The van der Waals surface area contributed by atoms with Gasteiger partial charge >= 0.3 is 0 Å². The third-order valence-corrected chi connectivity index (χ3v) is 5.12. The van der Waals surface area contributed by atoms with Gasteiger partial charge in [-0.3, -0.25) is 4.79 Å². The highest BCUT2D eigenvalue weighted by molar-refractivity contribution is 7.17. The fraction of sp³-hybridized carbons (Fsp3) is 0.444. The van der Waals surface area contributed by atoms with E-state index in [0.29, 0.717) is 42.7 Å². The number of nitrogens with one attached hydrogen (secondary N) is 1. The van der Waals surface area contributed by atoms with Crippen LogP contribution in [0.4, 0.5) is 10.8 Å². The Kier molecular flexibility index (Phi) is 6.43. The van der Waals surface area contributed by atoms with Crippen LogP contribution in [0.3, 0.4) is 0 Å². The summed E-state index contributed by atoms with van der Waals surface area (Å²) in [6.07, 6.45) is 0. The topological polar surface area (TPSA) is 72.9 Å². The number of anilines is 2. The van der Waals surface area contributed by atoms with Gasteiger partial charge in [0.15, 0.2) is 5.13 Å². The van der Waals surface area contributed by atoms with Gasteiger partial charge in [-0.1, -0.05) is 11.3 Å². The van der Waals surface area contributed by atoms with Gasteiger partial charge in [-0.2, -0.15) is 0 Å². The SMILES string of the molecule is CCOCc1nc(N2CCOCC2)sc1C(=O)Nc1ccc(OC)cc1. The van der Waals surface area contributed by atoms with Crippen molar-refractivity contribution in [3.8, 4) is 5.75 Å². The maximum atomic E-state index is 12.8. The number of carbonyl (C=O) groups excluding carboxylic acids is 1. The standard InChI is InChI=1S/C18H23N3O4S/c1-3-24-12-15-16(26-18(20-15)21-8-10-25-11-9-21)17(22)19-13-4-6-14(23-2)7-5-13/h4-7H,3,8-12H2,1-2H3,(H,19,22). The number of amides is 1. The molecular formula is C18H23N3O4S. The lowest BCUT2D eigenvalue weighted by atomic mass is 10.3. The molecule has 1 aromatic carbocycles. The zero-order chi connectivity index (χ0) is 18.4. The molecule has 3 rings (SSSR count). The van der Waals surface area contributed by atoms with Crippen LogP contribution in [-0.2, 0) is 16.1 Å². The highest BCUT2D eigenvalue weighted by Crippen LogP contribution is 2.29. The van der Waals surface area contributed by atoms with Crippen LogP contribution in [0.25, 0.3) is 0 Å². The number of ether oxygens (including phenoxy) is 3. The Morgan fingerprint density at radius 3 is 2.69 bits per heavy atom. The third-order valence-electron chi connectivity index (χ3n) is 3.96. The van der Waals surface area contributed by atoms with Crippen LogP contribution < -0.4 is 15.0 Å². The fourth-order valence-electron chi connectivity index (χ4n) is 2.57. The molecule has 1 N–H and O–H groups in total. The average Bonchev–Trinajstić information content (AvgIpc) is 3.12. The van der Waals surface area contributed by atoms with Crippen molar-refractivity contribution >= 4 is 28.1 Å². The molecule has 140 valence electrons. The first-order valence-corrected chi connectivity index (χ1v) is 9.38. The Morgan fingerprint density at radius 1 is 1.31 bits per heavy atom. The van der Waals surface area contributed by atoms with Crippen molar-refractivity contribution in [3.63, 3.8) is 0 Å². The summed E-state index contributed by atoms with van der Waals surface area (Å²) in [5, 5.41) is 3.76. The van der Waals surface area contributed by atoms with E-state index in [1.54, 1.807) is 7.11 Å². The van der Waals surface area contributed by atoms with Crippen molar-refractivity contribution < 1.29 is 19.0 Å². The summed E-state index contributed by atoms with van der Waals surface area (Å²) in [6.45, 7) is 5.72. The monoisotopic (exact) mass is 377 g/mol. The van der Waals surface area contributed by atoms with Gasteiger partial charge in [0, 0.05) is 25.4 Å². The summed E-state index contributed by atoms with van der Waals surface area (Å²) in [7, 11) is 1.61. The molecule has 0 saturated carbocycles. The number of thiazole rings is 1. The van der Waals surface area contributed by atoms with Crippen molar-refractivity contribution in [1.82, 2.24) is 4.98 Å². The summed E-state index contributed by atoms with van der Waals surface area (Å²) >= 11 is 1.39. The van der Waals surface area contributed by atoms with Gasteiger partial charge in [0.05, 0.1) is 32.6 Å². The lowest BCUT2D eigenvalue weighted by Gasteiger charge is -2.26. The molecule has 7 nitrogen and oxygen atoms in total. The zero-order valence-corrected chi connectivity index (χ0v) is 15.8. The molecule has 0 unspecified atom stereocenters. The van der Waals surface area contributed by atoms with Crippen LogP contribution in [0.15, 0.2) is 24.3 Å². The number of hydrogen-bond donors (Lipinski definition) is 1. The van der Waals surface area contributed by atoms with E-state index in [2.05, 4.69) is 15.2 Å². The number of benzene rings is 1. The van der Waals surface area contributed by atoms with E-state index in [9.17, 15) is 4.79 Å². The molecule has 1 aliphatic rings. The lowest BCUT2D eigenvalue weighted by molar-refractivity contribution is 0.101. The Hall–Kier alpha value is -2.16. The maximum Gasteiger partial charge on any atom is 0.267 e. The van der Waals surface area contributed by atoms with Gasteiger partial charge in [-0.05, 0) is 31.2 Å². The van der Waals surface area contributed by atoms with E-state index in [-0.39, 0.29) is 5.91 Å². The Labute approximate surface area is 156 Å². The van der Waals surface area contributed by atoms with Gasteiger partial charge < -0.3 is 24.4 Å². The second-order valence-corrected chi connectivity index (χ2v) is 6.67. The van der Waals surface area contributed by atoms with E-state index >= 15 is 0 Å². The number of carbonyl (C=O) groups is 1. The Bertz CT molecular complexity index is 727. The van der Waals surface area contributed by atoms with Crippen molar-refractivity contribution in [3.05, 3.63) is 34.8 Å². The fourth-order valence-corrected chi connectivity index (χ4v) is 3.58. The second-order valence-electron chi connectivity index (χ2n) is 5.69. The van der Waals surface area contributed by atoms with Gasteiger partial charge in [-0.15, -0.1) is 0 Å². The highest BCUT2D eigenvalue weighted by Gasteiger charge is 2.22. The minimum atomic E-state index is -0.179. The molecule has 0 bridgehead atoms. The van der Waals surface area contributed by atoms with Crippen molar-refractivity contribution in [1.29, 1.82) is 0 Å². The maximum absolute atomic E-state index is 12.8. The average molecular weight is 377 g/mol. The smallest absolute Gasteiger partial charge is 0.267 e. The molecule has 26 heavy (non-hydrogen) atoms. The molecular weight excluding hydrogens is 354 g/mol. The van der Waals surface area contributed by atoms with Gasteiger partial charge in [0.2, 0.25) is 0 Å². The third kappa shape index (κ3) is 4.51. The lowest BCUT2D eigenvalue weighted by Crippen LogP contribution is -2.36. The van der Waals surface area contributed by atoms with Crippen molar-refractivity contribution in [2.75, 3.05) is 50.2 Å². The van der Waals surface area contributed by atoms with Gasteiger partial charge in [0.1, 0.15) is 10.6 Å². The minimum Gasteiger partial charge on any atom is -0.497 e. The second kappa shape index (κ2) is 8.98. The van der Waals surface area contributed by atoms with E-state index in [1.807, 2.05) is 31.2 Å². The number of hydrogen-bond acceptors (Lipinski definition) is 7. The normalized spacial score (nSPS) is 14.3. The molecule has 1 aromatic heterocycles. The van der Waals surface area contributed by atoms with Crippen molar-refractivity contribution in [2.24, 2.45) is 0 Å². The van der Waals surface area contributed by atoms with Crippen LogP contribution in [0, 0.1) is 0 Å². The summed E-state index contributed by atoms with van der Waals surface area (Å²) in [6, 6.07) is 7.23. The van der Waals surface area contributed by atoms with E-state index in [1.165, 1.54) is 11.3 Å². The van der Waals surface area contributed by atoms with Crippen LogP contribution in [0.1, 0.15) is 22.3 Å². The van der Waals surface area contributed by atoms with Crippen molar-refractivity contribution in [2.45, 2.75) is 13.5 Å². The number of rotatable bonds is 7.